The summed E-state index contributed by atoms with van der Waals surface area (Å²) in [4.78, 5) is 22.2. The van der Waals surface area contributed by atoms with Gasteiger partial charge in [0.2, 0.25) is 0 Å². The minimum absolute atomic E-state index is 0.0457. The molecule has 0 unspecified atom stereocenters. The highest BCUT2D eigenvalue weighted by Crippen LogP contribution is 2.19. The van der Waals surface area contributed by atoms with Crippen LogP contribution in [-0.2, 0) is 10.0 Å². The number of benzene rings is 3. The minimum atomic E-state index is -3.76. The molecule has 3 rings (SSSR count). The second kappa shape index (κ2) is 8.62. The van der Waals surface area contributed by atoms with Gasteiger partial charge in [-0.25, -0.2) is 13.2 Å². The lowest BCUT2D eigenvalue weighted by Crippen LogP contribution is -2.19. The van der Waals surface area contributed by atoms with Crippen LogP contribution in [0.25, 0.3) is 0 Å². The van der Waals surface area contributed by atoms with Crippen LogP contribution >= 0.6 is 0 Å². The maximum Gasteiger partial charge on any atom is 0.323 e. The maximum atomic E-state index is 12.5. The van der Waals surface area contributed by atoms with Crippen LogP contribution in [0.3, 0.4) is 0 Å². The van der Waals surface area contributed by atoms with Gasteiger partial charge in [-0.05, 0) is 55.5 Å². The molecule has 30 heavy (non-hydrogen) atoms. The van der Waals surface area contributed by atoms with Crippen LogP contribution in [-0.4, -0.2) is 19.4 Å². The van der Waals surface area contributed by atoms with Crippen LogP contribution in [0.1, 0.15) is 5.56 Å². The average molecular weight is 426 g/mol. The Hall–Kier alpha value is -3.92. The molecule has 3 aromatic rings. The first-order chi connectivity index (χ1) is 14.2. The fourth-order valence-corrected chi connectivity index (χ4v) is 3.57. The molecule has 9 nitrogen and oxygen atoms in total. The van der Waals surface area contributed by atoms with Crippen LogP contribution in [0.2, 0.25) is 0 Å². The Morgan fingerprint density at radius 2 is 1.27 bits per heavy atom. The van der Waals surface area contributed by atoms with Crippen molar-refractivity contribution in [3.63, 3.8) is 0 Å². The molecule has 0 aromatic heterocycles. The first-order valence-corrected chi connectivity index (χ1v) is 10.2. The molecule has 0 atom stereocenters. The minimum Gasteiger partial charge on any atom is -0.308 e. The van der Waals surface area contributed by atoms with Crippen molar-refractivity contribution in [3.05, 3.63) is 88.5 Å². The van der Waals surface area contributed by atoms with E-state index in [1.807, 2.05) is 6.92 Å². The van der Waals surface area contributed by atoms with Crippen LogP contribution in [0, 0.1) is 17.0 Å². The van der Waals surface area contributed by atoms with E-state index in [2.05, 4.69) is 15.4 Å². The summed E-state index contributed by atoms with van der Waals surface area (Å²) in [6.45, 7) is 1.90. The van der Waals surface area contributed by atoms with Gasteiger partial charge in [0.25, 0.3) is 15.7 Å². The number of carbonyl (C=O) groups excluding carboxylic acids is 1. The number of non-ortho nitro benzene ring substituents is 1. The zero-order valence-electron chi connectivity index (χ0n) is 15.8. The fourth-order valence-electron chi connectivity index (χ4n) is 2.51. The number of sulfonamides is 1. The zero-order chi connectivity index (χ0) is 21.7. The van der Waals surface area contributed by atoms with E-state index in [0.717, 1.165) is 5.56 Å². The molecule has 0 fully saturated rings. The van der Waals surface area contributed by atoms with E-state index in [9.17, 15) is 23.3 Å². The van der Waals surface area contributed by atoms with Gasteiger partial charge in [0.15, 0.2) is 0 Å². The van der Waals surface area contributed by atoms with Crippen molar-refractivity contribution in [1.29, 1.82) is 0 Å². The third kappa shape index (κ3) is 5.32. The summed E-state index contributed by atoms with van der Waals surface area (Å²) in [5.74, 6) is 0. The van der Waals surface area contributed by atoms with E-state index < -0.39 is 21.0 Å². The van der Waals surface area contributed by atoms with Gasteiger partial charge in [-0.1, -0.05) is 17.7 Å². The summed E-state index contributed by atoms with van der Waals surface area (Å²) in [5, 5.41) is 15.7. The van der Waals surface area contributed by atoms with Crippen molar-refractivity contribution in [2.24, 2.45) is 0 Å². The second-order valence-electron chi connectivity index (χ2n) is 6.38. The van der Waals surface area contributed by atoms with Crippen LogP contribution in [0.4, 0.5) is 27.5 Å². The number of nitrogens with one attached hydrogen (secondary N) is 3. The Kier molecular flexibility index (Phi) is 5.98. The van der Waals surface area contributed by atoms with Gasteiger partial charge < -0.3 is 10.6 Å². The highest BCUT2D eigenvalue weighted by molar-refractivity contribution is 7.92. The third-order valence-electron chi connectivity index (χ3n) is 4.06. The molecule has 0 radical (unpaired) electrons. The largest absolute Gasteiger partial charge is 0.323 e. The summed E-state index contributed by atoms with van der Waals surface area (Å²) >= 11 is 0. The van der Waals surface area contributed by atoms with E-state index in [4.69, 9.17) is 0 Å². The number of amides is 2. The molecule has 10 heteroatoms. The van der Waals surface area contributed by atoms with Crippen LogP contribution < -0.4 is 15.4 Å². The predicted octanol–water partition coefficient (Wildman–Crippen LogP) is 4.35. The van der Waals surface area contributed by atoms with Crippen LogP contribution in [0.15, 0.2) is 77.7 Å². The molecule has 0 spiro atoms. The topological polar surface area (TPSA) is 130 Å². The molecule has 154 valence electrons. The Balaban J connectivity index is 1.62. The van der Waals surface area contributed by atoms with Crippen molar-refractivity contribution < 1.29 is 18.1 Å². The number of rotatable bonds is 6. The number of nitrogens with zero attached hydrogens (tertiary/aromatic N) is 1. The highest BCUT2D eigenvalue weighted by atomic mass is 32.2. The number of aryl methyl sites for hydroxylation is 1. The van der Waals surface area contributed by atoms with Crippen molar-refractivity contribution in [2.75, 3.05) is 15.4 Å². The Bertz CT molecular complexity index is 1160. The molecule has 0 aliphatic heterocycles. The fraction of sp³-hybridized carbons (Fsp3) is 0.0500. The lowest BCUT2D eigenvalue weighted by atomic mass is 10.2. The smallest absolute Gasteiger partial charge is 0.308 e. The summed E-state index contributed by atoms with van der Waals surface area (Å²) in [6.07, 6.45) is 0. The molecule has 3 aromatic carbocycles. The van der Waals surface area contributed by atoms with E-state index >= 15 is 0 Å². The van der Waals surface area contributed by atoms with Gasteiger partial charge in [0.05, 0.1) is 9.82 Å². The number of hydrogen-bond donors (Lipinski definition) is 3. The maximum absolute atomic E-state index is 12.5. The molecule has 0 saturated carbocycles. The quantitative estimate of drug-likeness (QED) is 0.398. The Morgan fingerprint density at radius 3 is 1.77 bits per heavy atom. The van der Waals surface area contributed by atoms with Crippen molar-refractivity contribution in [1.82, 2.24) is 0 Å². The number of nitro groups is 1. The summed E-state index contributed by atoms with van der Waals surface area (Å²) < 4.78 is 27.4. The molecule has 0 aliphatic carbocycles. The van der Waals surface area contributed by atoms with Crippen LogP contribution in [0.5, 0.6) is 0 Å². The summed E-state index contributed by atoms with van der Waals surface area (Å²) in [7, 11) is -3.76. The molecule has 0 aliphatic rings. The lowest BCUT2D eigenvalue weighted by molar-refractivity contribution is -0.384. The predicted molar refractivity (Wildman–Crippen MR) is 114 cm³/mol. The lowest BCUT2D eigenvalue weighted by Gasteiger charge is -2.10. The van der Waals surface area contributed by atoms with Gasteiger partial charge >= 0.3 is 6.03 Å². The summed E-state index contributed by atoms with van der Waals surface area (Å²) in [5.41, 5.74) is 2.13. The third-order valence-corrected chi connectivity index (χ3v) is 5.46. The number of nitro benzene ring substituents is 1. The number of carbonyl (C=O) groups is 1. The van der Waals surface area contributed by atoms with E-state index in [-0.39, 0.29) is 10.6 Å². The Labute approximate surface area is 173 Å². The molecule has 0 heterocycles. The standard InChI is InChI=1S/C20H18N4O5S/c1-14-2-4-17(5-3-14)23-30(28,29)19-12-8-16(9-13-19)22-20(25)21-15-6-10-18(11-7-15)24(26)27/h2-13,23H,1H3,(H2,21,22,25). The SMILES string of the molecule is Cc1ccc(NS(=O)(=O)c2ccc(NC(=O)Nc3ccc([N+](=O)[O-])cc3)cc2)cc1. The number of urea groups is 1. The monoisotopic (exact) mass is 426 g/mol. The van der Waals surface area contributed by atoms with Gasteiger partial charge in [-0.2, -0.15) is 0 Å². The molecule has 2 amide bonds. The van der Waals surface area contributed by atoms with Gasteiger partial charge in [-0.15, -0.1) is 0 Å². The van der Waals surface area contributed by atoms with Crippen molar-refractivity contribution in [2.45, 2.75) is 11.8 Å². The zero-order valence-corrected chi connectivity index (χ0v) is 16.6. The average Bonchev–Trinajstić information content (AvgIpc) is 2.70. The summed E-state index contributed by atoms with van der Waals surface area (Å²) in [6, 6.07) is 17.4. The Morgan fingerprint density at radius 1 is 0.800 bits per heavy atom. The van der Waals surface area contributed by atoms with Gasteiger partial charge in [0, 0.05) is 29.2 Å². The molecule has 0 bridgehead atoms. The van der Waals surface area contributed by atoms with Crippen molar-refractivity contribution >= 4 is 38.8 Å². The molecule has 3 N–H and O–H groups in total. The highest BCUT2D eigenvalue weighted by Gasteiger charge is 2.14. The molecular weight excluding hydrogens is 408 g/mol. The number of hydrogen-bond acceptors (Lipinski definition) is 5. The van der Waals surface area contributed by atoms with E-state index in [1.54, 1.807) is 24.3 Å². The molecule has 0 saturated heterocycles. The van der Waals surface area contributed by atoms with Gasteiger partial charge in [-0.3, -0.25) is 14.8 Å². The van der Waals surface area contributed by atoms with E-state index in [1.165, 1.54) is 48.5 Å². The van der Waals surface area contributed by atoms with Crippen molar-refractivity contribution in [3.8, 4) is 0 Å². The first kappa shape index (κ1) is 20.8. The van der Waals surface area contributed by atoms with E-state index in [0.29, 0.717) is 17.1 Å². The first-order valence-electron chi connectivity index (χ1n) is 8.75. The normalized spacial score (nSPS) is 10.8. The number of anilines is 3. The van der Waals surface area contributed by atoms with Gasteiger partial charge in [0.1, 0.15) is 0 Å². The molecular formula is C20H18N4O5S. The second-order valence-corrected chi connectivity index (χ2v) is 8.06.